The van der Waals surface area contributed by atoms with Crippen molar-refractivity contribution in [1.29, 1.82) is 0 Å². The summed E-state index contributed by atoms with van der Waals surface area (Å²) in [7, 11) is 1.66. The molecule has 146 valence electrons. The van der Waals surface area contributed by atoms with E-state index >= 15 is 0 Å². The molecule has 6 nitrogen and oxygen atoms in total. The van der Waals surface area contributed by atoms with Crippen molar-refractivity contribution in [2.24, 2.45) is 0 Å². The topological polar surface area (TPSA) is 57.9 Å². The van der Waals surface area contributed by atoms with Crippen LogP contribution in [0, 0.1) is 0 Å². The third-order valence-corrected chi connectivity index (χ3v) is 6.63. The summed E-state index contributed by atoms with van der Waals surface area (Å²) in [6, 6.07) is 7.69. The van der Waals surface area contributed by atoms with Crippen molar-refractivity contribution in [2.75, 3.05) is 33.4 Å². The maximum Gasteiger partial charge on any atom is 0.231 e. The molecule has 2 aliphatic rings. The van der Waals surface area contributed by atoms with Gasteiger partial charge in [0, 0.05) is 10.9 Å². The van der Waals surface area contributed by atoms with E-state index in [0.29, 0.717) is 5.88 Å². The van der Waals surface area contributed by atoms with E-state index < -0.39 is 0 Å². The van der Waals surface area contributed by atoms with Crippen molar-refractivity contribution in [3.05, 3.63) is 40.5 Å². The fourth-order valence-electron chi connectivity index (χ4n) is 3.99. The van der Waals surface area contributed by atoms with Crippen molar-refractivity contribution >= 4 is 21.6 Å². The Balaban J connectivity index is 1.54. The minimum atomic E-state index is 0.681. The number of benzene rings is 1. The van der Waals surface area contributed by atoms with Gasteiger partial charge in [-0.15, -0.1) is 11.3 Å². The molecule has 0 amide bonds. The van der Waals surface area contributed by atoms with Crippen molar-refractivity contribution in [2.45, 2.75) is 25.8 Å². The summed E-state index contributed by atoms with van der Waals surface area (Å²) in [5.74, 6) is 3.04. The number of hydrogen-bond acceptors (Lipinski definition) is 6. The zero-order chi connectivity index (χ0) is 18.9. The largest absolute Gasteiger partial charge is 0.497 e. The quantitative estimate of drug-likeness (QED) is 0.715. The second-order valence-electron chi connectivity index (χ2n) is 7.30. The molecular weight excluding hydrogens is 374 g/mol. The Morgan fingerprint density at radius 2 is 2.00 bits per heavy atom. The number of rotatable bonds is 5. The molecule has 1 saturated heterocycles. The van der Waals surface area contributed by atoms with Crippen molar-refractivity contribution in [3.63, 3.8) is 0 Å². The average molecular weight is 399 g/mol. The number of aryl methyl sites for hydroxylation is 2. The fourth-order valence-corrected chi connectivity index (χ4v) is 5.26. The minimum absolute atomic E-state index is 0.681. The first-order chi connectivity index (χ1) is 13.8. The van der Waals surface area contributed by atoms with E-state index in [1.54, 1.807) is 18.4 Å². The Kier molecular flexibility index (Phi) is 4.88. The molecule has 0 unspecified atom stereocenters. The second kappa shape index (κ2) is 7.66. The molecule has 28 heavy (non-hydrogen) atoms. The highest BCUT2D eigenvalue weighted by atomic mass is 32.1. The van der Waals surface area contributed by atoms with Gasteiger partial charge in [0.2, 0.25) is 5.88 Å². The van der Waals surface area contributed by atoms with Crippen LogP contribution in [0.1, 0.15) is 22.7 Å². The summed E-state index contributed by atoms with van der Waals surface area (Å²) in [6.45, 7) is 4.40. The Morgan fingerprint density at radius 3 is 2.86 bits per heavy atom. The van der Waals surface area contributed by atoms with Crippen LogP contribution < -0.4 is 14.4 Å². The molecule has 5 rings (SSSR count). The van der Waals surface area contributed by atoms with Crippen LogP contribution in [0.15, 0.2) is 24.3 Å². The van der Waals surface area contributed by atoms with Gasteiger partial charge in [-0.3, -0.25) is 0 Å². The normalized spacial score (nSPS) is 17.0. The molecule has 0 saturated carbocycles. The van der Waals surface area contributed by atoms with E-state index in [2.05, 4.69) is 0 Å². The lowest BCUT2D eigenvalue weighted by molar-refractivity contribution is -0.922. The maximum absolute atomic E-state index is 6.29. The Bertz CT molecular complexity index is 998. The van der Waals surface area contributed by atoms with Gasteiger partial charge >= 0.3 is 0 Å². The lowest BCUT2D eigenvalue weighted by atomic mass is 10.2. The molecule has 1 aliphatic heterocycles. The van der Waals surface area contributed by atoms with Crippen molar-refractivity contribution in [1.82, 2.24) is 9.97 Å². The van der Waals surface area contributed by atoms with Gasteiger partial charge in [0.25, 0.3) is 0 Å². The molecule has 0 bridgehead atoms. The predicted octanol–water partition coefficient (Wildman–Crippen LogP) is 2.40. The maximum atomic E-state index is 6.29. The Hall–Kier alpha value is -2.22. The van der Waals surface area contributed by atoms with Gasteiger partial charge in [0.05, 0.1) is 25.7 Å². The minimum Gasteiger partial charge on any atom is -0.497 e. The summed E-state index contributed by atoms with van der Waals surface area (Å²) >= 11 is 1.81. The fraction of sp³-hybridized carbons (Fsp3) is 0.429. The summed E-state index contributed by atoms with van der Waals surface area (Å²) < 4.78 is 17.1. The van der Waals surface area contributed by atoms with Gasteiger partial charge in [-0.2, -0.15) is 4.98 Å². The highest BCUT2D eigenvalue weighted by Crippen LogP contribution is 2.41. The van der Waals surface area contributed by atoms with E-state index in [1.807, 2.05) is 24.3 Å². The number of nitrogens with zero attached hydrogens (tertiary/aromatic N) is 2. The van der Waals surface area contributed by atoms with Gasteiger partial charge in [0.15, 0.2) is 5.82 Å². The lowest BCUT2D eigenvalue weighted by Gasteiger charge is -2.23. The first-order valence-corrected chi connectivity index (χ1v) is 10.7. The summed E-state index contributed by atoms with van der Waals surface area (Å²) in [5, 5.41) is 1.10. The molecule has 1 aliphatic carbocycles. The first-order valence-electron chi connectivity index (χ1n) is 9.84. The highest BCUT2D eigenvalue weighted by Gasteiger charge is 2.25. The number of aromatic nitrogens is 2. The molecular formula is C21H24N3O3S+. The molecule has 0 atom stereocenters. The van der Waals surface area contributed by atoms with Crippen LogP contribution in [-0.2, 0) is 24.1 Å². The molecule has 2 aromatic heterocycles. The smallest absolute Gasteiger partial charge is 0.231 e. The number of thiophene rings is 1. The number of methoxy groups -OCH3 is 1. The van der Waals surface area contributed by atoms with E-state index in [4.69, 9.17) is 24.2 Å². The number of quaternary nitrogens is 1. The van der Waals surface area contributed by atoms with Gasteiger partial charge < -0.3 is 19.1 Å². The third kappa shape index (κ3) is 3.45. The molecule has 1 fully saturated rings. The second-order valence-corrected chi connectivity index (χ2v) is 8.39. The van der Waals surface area contributed by atoms with Gasteiger partial charge in [0.1, 0.15) is 36.0 Å². The number of fused-ring (bicyclic) bond motifs is 3. The average Bonchev–Trinajstić information content (AvgIpc) is 3.30. The Morgan fingerprint density at radius 1 is 1.14 bits per heavy atom. The lowest BCUT2D eigenvalue weighted by Crippen LogP contribution is -3.12. The van der Waals surface area contributed by atoms with Crippen LogP contribution in [0.3, 0.4) is 0 Å². The van der Waals surface area contributed by atoms with Gasteiger partial charge in [-0.05, 0) is 37.0 Å². The third-order valence-electron chi connectivity index (χ3n) is 5.44. The number of ether oxygens (including phenoxy) is 3. The first kappa shape index (κ1) is 17.8. The number of hydrogen-bond donors (Lipinski definition) is 1. The highest BCUT2D eigenvalue weighted by molar-refractivity contribution is 7.19. The molecule has 3 heterocycles. The summed E-state index contributed by atoms with van der Waals surface area (Å²) in [6.07, 6.45) is 3.43. The summed E-state index contributed by atoms with van der Waals surface area (Å²) in [4.78, 5) is 13.7. The predicted molar refractivity (Wildman–Crippen MR) is 108 cm³/mol. The van der Waals surface area contributed by atoms with Crippen molar-refractivity contribution in [3.8, 4) is 17.4 Å². The van der Waals surface area contributed by atoms with Crippen LogP contribution in [0.5, 0.6) is 17.4 Å². The van der Waals surface area contributed by atoms with Crippen LogP contribution in [0.25, 0.3) is 10.2 Å². The summed E-state index contributed by atoms with van der Waals surface area (Å²) in [5.41, 5.74) is 1.38. The van der Waals surface area contributed by atoms with E-state index in [0.717, 1.165) is 73.2 Å². The standard InChI is InChI=1S/C21H23N3O3S/c1-25-14-4-2-5-15(12-14)27-20-19-16-6-3-7-17(16)28-21(19)23-18(22-20)13-24-8-10-26-11-9-24/h2,4-5,12H,3,6-11,13H2,1H3/p+1. The van der Waals surface area contributed by atoms with Gasteiger partial charge in [-0.25, -0.2) is 4.98 Å². The van der Waals surface area contributed by atoms with E-state index in [9.17, 15) is 0 Å². The van der Waals surface area contributed by atoms with Crippen molar-refractivity contribution < 1.29 is 19.1 Å². The zero-order valence-electron chi connectivity index (χ0n) is 16.0. The van der Waals surface area contributed by atoms with E-state index in [-0.39, 0.29) is 0 Å². The van der Waals surface area contributed by atoms with Crippen LogP contribution in [0.2, 0.25) is 0 Å². The van der Waals surface area contributed by atoms with E-state index in [1.165, 1.54) is 21.8 Å². The molecule has 0 spiro atoms. The zero-order valence-corrected chi connectivity index (χ0v) is 16.8. The van der Waals surface area contributed by atoms with Crippen LogP contribution in [-0.4, -0.2) is 43.4 Å². The van der Waals surface area contributed by atoms with Gasteiger partial charge in [-0.1, -0.05) is 6.07 Å². The molecule has 3 aromatic rings. The number of morpholine rings is 1. The molecule has 7 heteroatoms. The Labute approximate surface area is 168 Å². The molecule has 0 radical (unpaired) electrons. The van der Waals surface area contributed by atoms with Crippen LogP contribution in [0.4, 0.5) is 0 Å². The molecule has 1 N–H and O–H groups in total. The van der Waals surface area contributed by atoms with Crippen LogP contribution >= 0.6 is 11.3 Å². The number of nitrogens with one attached hydrogen (secondary N) is 1. The monoisotopic (exact) mass is 398 g/mol. The molecule has 1 aromatic carbocycles. The SMILES string of the molecule is COc1cccc(Oc2nc(C[NH+]3CCOCC3)nc3sc4c(c23)CCC4)c1.